The largest absolute Gasteiger partial charge is 0.494 e. The van der Waals surface area contributed by atoms with Gasteiger partial charge < -0.3 is 14.8 Å². The van der Waals surface area contributed by atoms with E-state index in [-0.39, 0.29) is 24.6 Å². The van der Waals surface area contributed by atoms with Crippen LogP contribution in [-0.4, -0.2) is 40.6 Å². The number of benzene rings is 3. The second-order valence-electron chi connectivity index (χ2n) is 7.91. The van der Waals surface area contributed by atoms with Gasteiger partial charge in [0.15, 0.2) is 0 Å². The summed E-state index contributed by atoms with van der Waals surface area (Å²) in [6, 6.07) is 18.8. The molecule has 0 spiro atoms. The van der Waals surface area contributed by atoms with Crippen LogP contribution >= 0.6 is 15.9 Å². The Bertz CT molecular complexity index is 1230. The molecule has 9 heteroatoms. The minimum Gasteiger partial charge on any atom is -0.494 e. The molecule has 186 valence electrons. The summed E-state index contributed by atoms with van der Waals surface area (Å²) in [7, 11) is -3.99. The van der Waals surface area contributed by atoms with Gasteiger partial charge in [-0.15, -0.1) is 0 Å². The molecule has 0 radical (unpaired) electrons. The second-order valence-corrected chi connectivity index (χ2v) is 10.7. The number of rotatable bonds is 11. The summed E-state index contributed by atoms with van der Waals surface area (Å²) in [4.78, 5) is 12.8. The molecular formula is C26H29BrN2O5S. The summed E-state index contributed by atoms with van der Waals surface area (Å²) in [5.74, 6) is 0.902. The van der Waals surface area contributed by atoms with Crippen molar-refractivity contribution in [2.24, 2.45) is 0 Å². The van der Waals surface area contributed by atoms with Crippen molar-refractivity contribution in [3.8, 4) is 11.5 Å². The first-order valence-corrected chi connectivity index (χ1v) is 13.4. The zero-order valence-corrected chi connectivity index (χ0v) is 22.4. The number of hydrogen-bond donors (Lipinski definition) is 1. The van der Waals surface area contributed by atoms with Crippen LogP contribution in [0.2, 0.25) is 0 Å². The third kappa shape index (κ3) is 7.47. The van der Waals surface area contributed by atoms with Gasteiger partial charge in [-0.25, -0.2) is 8.42 Å². The van der Waals surface area contributed by atoms with Crippen molar-refractivity contribution in [1.29, 1.82) is 0 Å². The van der Waals surface area contributed by atoms with E-state index in [9.17, 15) is 13.2 Å². The fourth-order valence-corrected chi connectivity index (χ4v) is 5.17. The molecule has 7 nitrogen and oxygen atoms in total. The number of anilines is 1. The molecule has 3 aromatic rings. The molecule has 1 N–H and O–H groups in total. The summed E-state index contributed by atoms with van der Waals surface area (Å²) in [6.45, 7) is 6.46. The molecule has 0 fully saturated rings. The Morgan fingerprint density at radius 1 is 0.914 bits per heavy atom. The molecule has 0 heterocycles. The number of sulfonamides is 1. The summed E-state index contributed by atoms with van der Waals surface area (Å²) < 4.78 is 39.9. The van der Waals surface area contributed by atoms with E-state index in [1.54, 1.807) is 36.4 Å². The average Bonchev–Trinajstić information content (AvgIpc) is 2.81. The first kappa shape index (κ1) is 26.6. The fourth-order valence-electron chi connectivity index (χ4n) is 3.49. The lowest BCUT2D eigenvalue weighted by Gasteiger charge is -2.24. The predicted octanol–water partition coefficient (Wildman–Crippen LogP) is 4.86. The highest BCUT2D eigenvalue weighted by molar-refractivity contribution is 9.10. The number of carbonyl (C=O) groups excluding carboxylic acids is 1. The van der Waals surface area contributed by atoms with Crippen LogP contribution in [0.3, 0.4) is 0 Å². The topological polar surface area (TPSA) is 84.9 Å². The van der Waals surface area contributed by atoms with E-state index in [1.807, 2.05) is 32.9 Å². The predicted molar refractivity (Wildman–Crippen MR) is 141 cm³/mol. The van der Waals surface area contributed by atoms with E-state index in [4.69, 9.17) is 9.47 Å². The second kappa shape index (κ2) is 12.1. The molecule has 0 saturated heterocycles. The van der Waals surface area contributed by atoms with Crippen LogP contribution in [0.15, 0.2) is 76.1 Å². The Hall–Kier alpha value is -3.04. The van der Waals surface area contributed by atoms with E-state index < -0.39 is 15.9 Å². The number of nitrogens with one attached hydrogen (secondary N) is 1. The summed E-state index contributed by atoms with van der Waals surface area (Å²) in [5, 5.41) is 2.74. The molecule has 35 heavy (non-hydrogen) atoms. The van der Waals surface area contributed by atoms with Gasteiger partial charge >= 0.3 is 0 Å². The molecule has 0 bridgehead atoms. The van der Waals surface area contributed by atoms with Crippen molar-refractivity contribution in [3.05, 3.63) is 82.3 Å². The summed E-state index contributed by atoms with van der Waals surface area (Å²) in [5.41, 5.74) is 2.54. The van der Waals surface area contributed by atoms with Gasteiger partial charge in [0.25, 0.3) is 10.0 Å². The van der Waals surface area contributed by atoms with E-state index >= 15 is 0 Å². The van der Waals surface area contributed by atoms with Crippen LogP contribution in [0, 0.1) is 13.8 Å². The van der Waals surface area contributed by atoms with Crippen LogP contribution in [0.25, 0.3) is 0 Å². The minimum atomic E-state index is -3.99. The standard InChI is InChI=1S/C26H29BrN2O5S/c1-4-33-23-9-7-22(8-10-23)29(35(31,32)25-11-5-21(27)6-12-25)18-26(30)28-13-14-34-24-16-19(2)15-20(3)17-24/h5-12,15-17H,4,13-14,18H2,1-3H3,(H,28,30). The Labute approximate surface area is 215 Å². The number of nitrogens with zero attached hydrogens (tertiary/aromatic N) is 1. The first-order valence-electron chi connectivity index (χ1n) is 11.2. The van der Waals surface area contributed by atoms with Crippen LogP contribution in [0.4, 0.5) is 5.69 Å². The average molecular weight is 561 g/mol. The van der Waals surface area contributed by atoms with Crippen LogP contribution in [-0.2, 0) is 14.8 Å². The summed E-state index contributed by atoms with van der Waals surface area (Å²) in [6.07, 6.45) is 0. The van der Waals surface area contributed by atoms with E-state index in [1.165, 1.54) is 12.1 Å². The van der Waals surface area contributed by atoms with Gasteiger partial charge in [-0.05, 0) is 92.6 Å². The van der Waals surface area contributed by atoms with Crippen molar-refractivity contribution in [2.45, 2.75) is 25.7 Å². The third-order valence-electron chi connectivity index (χ3n) is 5.01. The molecule has 3 rings (SSSR count). The number of carbonyl (C=O) groups is 1. The molecule has 0 aliphatic heterocycles. The molecule has 0 aliphatic rings. The minimum absolute atomic E-state index is 0.0838. The molecule has 0 aliphatic carbocycles. The summed E-state index contributed by atoms with van der Waals surface area (Å²) >= 11 is 3.32. The van der Waals surface area contributed by atoms with Crippen LogP contribution < -0.4 is 19.1 Å². The quantitative estimate of drug-likeness (QED) is 0.339. The molecule has 0 unspecified atom stereocenters. The van der Waals surface area contributed by atoms with E-state index in [2.05, 4.69) is 27.3 Å². The number of hydrogen-bond acceptors (Lipinski definition) is 5. The fraction of sp³-hybridized carbons (Fsp3) is 0.269. The smallest absolute Gasteiger partial charge is 0.264 e. The van der Waals surface area contributed by atoms with Gasteiger partial charge in [-0.3, -0.25) is 9.10 Å². The number of amides is 1. The SMILES string of the molecule is CCOc1ccc(N(CC(=O)NCCOc2cc(C)cc(C)c2)S(=O)(=O)c2ccc(Br)cc2)cc1. The zero-order chi connectivity index (χ0) is 25.4. The molecule has 1 amide bonds. The van der Waals surface area contributed by atoms with Gasteiger partial charge in [0.2, 0.25) is 5.91 Å². The monoisotopic (exact) mass is 560 g/mol. The van der Waals surface area contributed by atoms with Crippen molar-refractivity contribution in [2.75, 3.05) is 30.6 Å². The van der Waals surface area contributed by atoms with Crippen molar-refractivity contribution in [3.63, 3.8) is 0 Å². The van der Waals surface area contributed by atoms with Gasteiger partial charge in [-0.1, -0.05) is 22.0 Å². The lowest BCUT2D eigenvalue weighted by molar-refractivity contribution is -0.119. The molecular weight excluding hydrogens is 532 g/mol. The first-order chi connectivity index (χ1) is 16.7. The molecule has 0 aromatic heterocycles. The van der Waals surface area contributed by atoms with Gasteiger partial charge in [0, 0.05) is 4.47 Å². The molecule has 0 atom stereocenters. The van der Waals surface area contributed by atoms with E-state index in [0.717, 1.165) is 25.7 Å². The number of halogens is 1. The van der Waals surface area contributed by atoms with Crippen molar-refractivity contribution < 1.29 is 22.7 Å². The van der Waals surface area contributed by atoms with Crippen molar-refractivity contribution in [1.82, 2.24) is 5.32 Å². The molecule has 0 saturated carbocycles. The van der Waals surface area contributed by atoms with Gasteiger partial charge in [0.05, 0.1) is 23.7 Å². The van der Waals surface area contributed by atoms with Gasteiger partial charge in [-0.2, -0.15) is 0 Å². The lowest BCUT2D eigenvalue weighted by atomic mass is 10.1. The number of ether oxygens (including phenoxy) is 2. The third-order valence-corrected chi connectivity index (χ3v) is 7.33. The van der Waals surface area contributed by atoms with Crippen LogP contribution in [0.1, 0.15) is 18.1 Å². The van der Waals surface area contributed by atoms with Crippen LogP contribution in [0.5, 0.6) is 11.5 Å². The molecule has 3 aromatic carbocycles. The lowest BCUT2D eigenvalue weighted by Crippen LogP contribution is -2.41. The van der Waals surface area contributed by atoms with Gasteiger partial charge in [0.1, 0.15) is 24.7 Å². The Kier molecular flexibility index (Phi) is 9.17. The highest BCUT2D eigenvalue weighted by atomic mass is 79.9. The van der Waals surface area contributed by atoms with E-state index in [0.29, 0.717) is 18.0 Å². The Morgan fingerprint density at radius 2 is 1.54 bits per heavy atom. The number of aryl methyl sites for hydroxylation is 2. The van der Waals surface area contributed by atoms with Crippen molar-refractivity contribution >= 4 is 37.5 Å². The maximum Gasteiger partial charge on any atom is 0.264 e. The zero-order valence-electron chi connectivity index (χ0n) is 20.0. The Balaban J connectivity index is 1.72. The normalized spacial score (nSPS) is 11.1. The maximum atomic E-state index is 13.4. The maximum absolute atomic E-state index is 13.4. The Morgan fingerprint density at radius 3 is 2.14 bits per heavy atom. The highest BCUT2D eigenvalue weighted by Gasteiger charge is 2.27. The highest BCUT2D eigenvalue weighted by Crippen LogP contribution is 2.26.